The highest BCUT2D eigenvalue weighted by Gasteiger charge is 2.32. The van der Waals surface area contributed by atoms with Crippen LogP contribution in [0.25, 0.3) is 0 Å². The molecule has 0 bridgehead atoms. The summed E-state index contributed by atoms with van der Waals surface area (Å²) in [6, 6.07) is -0.399. The maximum absolute atomic E-state index is 12.5. The van der Waals surface area contributed by atoms with Crippen LogP contribution in [0.5, 0.6) is 0 Å². The van der Waals surface area contributed by atoms with E-state index in [2.05, 4.69) is 23.9 Å². The minimum atomic E-state index is -0.489. The summed E-state index contributed by atoms with van der Waals surface area (Å²) in [4.78, 5) is 25.5. The second-order valence-electron chi connectivity index (χ2n) is 5.33. The Morgan fingerprint density at radius 3 is 2.50 bits per heavy atom. The lowest BCUT2D eigenvalue weighted by molar-refractivity contribution is -0.148. The van der Waals surface area contributed by atoms with Crippen LogP contribution in [0, 0.1) is 5.92 Å². The lowest BCUT2D eigenvalue weighted by Crippen LogP contribution is -2.47. The fraction of sp³-hybridized carbons (Fsp3) is 0.857. The van der Waals surface area contributed by atoms with E-state index in [9.17, 15) is 14.7 Å². The van der Waals surface area contributed by atoms with Crippen molar-refractivity contribution in [1.29, 1.82) is 0 Å². The highest BCUT2D eigenvalue weighted by atomic mass is 16.5. The summed E-state index contributed by atoms with van der Waals surface area (Å²) in [5.41, 5.74) is 0. The second kappa shape index (κ2) is 8.21. The molecule has 1 aliphatic heterocycles. The number of amides is 1. The van der Waals surface area contributed by atoms with E-state index in [0.29, 0.717) is 25.4 Å². The van der Waals surface area contributed by atoms with Gasteiger partial charge in [0.05, 0.1) is 19.3 Å². The number of rotatable bonds is 7. The maximum Gasteiger partial charge on any atom is 0.325 e. The number of carbonyl (C=O) groups excluding carboxylic acids is 2. The molecule has 0 aromatic carbocycles. The number of carbonyl (C=O) groups is 2. The zero-order valence-corrected chi connectivity index (χ0v) is 12.6. The molecule has 1 rings (SSSR count). The van der Waals surface area contributed by atoms with E-state index in [1.54, 1.807) is 4.90 Å². The highest BCUT2D eigenvalue weighted by Crippen LogP contribution is 2.14. The first-order valence-electron chi connectivity index (χ1n) is 7.28. The van der Waals surface area contributed by atoms with Crippen molar-refractivity contribution in [3.05, 3.63) is 0 Å². The van der Waals surface area contributed by atoms with Gasteiger partial charge in [0.15, 0.2) is 0 Å². The first-order valence-corrected chi connectivity index (χ1v) is 7.28. The van der Waals surface area contributed by atoms with Crippen LogP contribution in [0.1, 0.15) is 33.1 Å². The van der Waals surface area contributed by atoms with Crippen molar-refractivity contribution >= 4 is 11.9 Å². The number of β-amino-alcohol motifs (C(OH)–C–C–N with tert-alkyl or cyclic N) is 1. The fourth-order valence-corrected chi connectivity index (χ4v) is 2.44. The summed E-state index contributed by atoms with van der Waals surface area (Å²) >= 11 is 0. The van der Waals surface area contributed by atoms with Crippen molar-refractivity contribution < 1.29 is 19.4 Å². The summed E-state index contributed by atoms with van der Waals surface area (Å²) in [6.07, 6.45) is 1.83. The molecule has 1 amide bonds. The van der Waals surface area contributed by atoms with E-state index >= 15 is 0 Å². The van der Waals surface area contributed by atoms with Gasteiger partial charge in [-0.25, -0.2) is 0 Å². The summed E-state index contributed by atoms with van der Waals surface area (Å²) in [5, 5.41) is 12.5. The summed E-state index contributed by atoms with van der Waals surface area (Å²) in [7, 11) is 1.32. The Balaban J connectivity index is 2.69. The van der Waals surface area contributed by atoms with Crippen LogP contribution < -0.4 is 5.32 Å². The molecule has 20 heavy (non-hydrogen) atoms. The monoisotopic (exact) mass is 286 g/mol. The van der Waals surface area contributed by atoms with E-state index in [1.165, 1.54) is 7.11 Å². The summed E-state index contributed by atoms with van der Waals surface area (Å²) in [5.74, 6) is -0.170. The van der Waals surface area contributed by atoms with Gasteiger partial charge in [0.1, 0.15) is 6.54 Å². The van der Waals surface area contributed by atoms with Crippen LogP contribution in [-0.2, 0) is 14.3 Å². The number of aliphatic hydroxyl groups is 1. The lowest BCUT2D eigenvalue weighted by atomic mass is 10.0. The number of nitrogens with one attached hydrogen (secondary N) is 1. The van der Waals surface area contributed by atoms with Crippen LogP contribution in [0.2, 0.25) is 0 Å². The molecule has 0 aromatic heterocycles. The van der Waals surface area contributed by atoms with Gasteiger partial charge in [0.25, 0.3) is 0 Å². The normalized spacial score (nSPS) is 22.1. The lowest BCUT2D eigenvalue weighted by Gasteiger charge is -2.28. The van der Waals surface area contributed by atoms with Gasteiger partial charge in [-0.1, -0.05) is 26.7 Å². The van der Waals surface area contributed by atoms with E-state index in [-0.39, 0.29) is 12.5 Å². The Morgan fingerprint density at radius 1 is 1.40 bits per heavy atom. The topological polar surface area (TPSA) is 78.9 Å². The van der Waals surface area contributed by atoms with E-state index in [1.807, 2.05) is 0 Å². The standard InChI is InChI=1S/C14H26N2O4/c1-4-10(5-2)8-16(9-13(18)20-3)14(19)12-6-11(17)7-15-12/h10-12,15,17H,4-9H2,1-3H3. The Bertz CT molecular complexity index is 331. The Labute approximate surface area is 120 Å². The third kappa shape index (κ3) is 4.76. The molecule has 2 N–H and O–H groups in total. The third-order valence-corrected chi connectivity index (χ3v) is 3.90. The minimum absolute atomic E-state index is 0.0277. The van der Waals surface area contributed by atoms with Gasteiger partial charge in [-0.05, 0) is 12.3 Å². The number of esters is 1. The molecule has 1 aliphatic rings. The van der Waals surface area contributed by atoms with Gasteiger partial charge in [-0.15, -0.1) is 0 Å². The molecule has 2 unspecified atom stereocenters. The van der Waals surface area contributed by atoms with Crippen molar-refractivity contribution in [2.45, 2.75) is 45.3 Å². The van der Waals surface area contributed by atoms with E-state index < -0.39 is 18.1 Å². The maximum atomic E-state index is 12.5. The molecular formula is C14H26N2O4. The van der Waals surface area contributed by atoms with Crippen LogP contribution in [0.4, 0.5) is 0 Å². The minimum Gasteiger partial charge on any atom is -0.468 e. The van der Waals surface area contributed by atoms with Crippen molar-refractivity contribution in [2.75, 3.05) is 26.7 Å². The van der Waals surface area contributed by atoms with Crippen LogP contribution >= 0.6 is 0 Å². The van der Waals surface area contributed by atoms with Crippen LogP contribution in [0.15, 0.2) is 0 Å². The van der Waals surface area contributed by atoms with E-state index in [4.69, 9.17) is 0 Å². The van der Waals surface area contributed by atoms with Crippen LogP contribution in [0.3, 0.4) is 0 Å². The third-order valence-electron chi connectivity index (χ3n) is 3.90. The molecular weight excluding hydrogens is 260 g/mol. The van der Waals surface area contributed by atoms with Crippen molar-refractivity contribution in [2.24, 2.45) is 5.92 Å². The molecule has 6 nitrogen and oxygen atoms in total. The molecule has 0 aliphatic carbocycles. The second-order valence-corrected chi connectivity index (χ2v) is 5.33. The number of hydrogen-bond donors (Lipinski definition) is 2. The number of hydrogen-bond acceptors (Lipinski definition) is 5. The fourth-order valence-electron chi connectivity index (χ4n) is 2.44. The average molecular weight is 286 g/mol. The molecule has 0 radical (unpaired) electrons. The molecule has 6 heteroatoms. The zero-order valence-electron chi connectivity index (χ0n) is 12.6. The number of aliphatic hydroxyl groups excluding tert-OH is 1. The van der Waals surface area contributed by atoms with Gasteiger partial charge in [0.2, 0.25) is 5.91 Å². The van der Waals surface area contributed by atoms with Gasteiger partial charge in [0, 0.05) is 13.1 Å². The van der Waals surface area contributed by atoms with E-state index in [0.717, 1.165) is 12.8 Å². The first kappa shape index (κ1) is 16.9. The highest BCUT2D eigenvalue weighted by molar-refractivity contribution is 5.86. The largest absolute Gasteiger partial charge is 0.468 e. The molecule has 0 spiro atoms. The number of nitrogens with zero attached hydrogens (tertiary/aromatic N) is 1. The summed E-state index contributed by atoms with van der Waals surface area (Å²) in [6.45, 7) is 5.10. The molecule has 2 atom stereocenters. The summed E-state index contributed by atoms with van der Waals surface area (Å²) < 4.78 is 4.66. The van der Waals surface area contributed by atoms with Gasteiger partial charge in [-0.3, -0.25) is 9.59 Å². The quantitative estimate of drug-likeness (QED) is 0.651. The van der Waals surface area contributed by atoms with Crippen molar-refractivity contribution in [3.63, 3.8) is 0 Å². The first-order chi connectivity index (χ1) is 9.51. The SMILES string of the molecule is CCC(CC)CN(CC(=O)OC)C(=O)C1CC(O)CN1. The predicted molar refractivity (Wildman–Crippen MR) is 75.1 cm³/mol. The molecule has 0 aromatic rings. The zero-order chi connectivity index (χ0) is 15.1. The molecule has 116 valence electrons. The predicted octanol–water partition coefficient (Wildman–Crippen LogP) is 0.147. The van der Waals surface area contributed by atoms with Crippen molar-refractivity contribution in [1.82, 2.24) is 10.2 Å². The molecule has 0 saturated carbocycles. The smallest absolute Gasteiger partial charge is 0.325 e. The van der Waals surface area contributed by atoms with Crippen LogP contribution in [-0.4, -0.2) is 60.8 Å². The Hall–Kier alpha value is -1.14. The molecule has 1 heterocycles. The number of methoxy groups -OCH3 is 1. The van der Waals surface area contributed by atoms with Gasteiger partial charge in [-0.2, -0.15) is 0 Å². The Morgan fingerprint density at radius 2 is 2.05 bits per heavy atom. The Kier molecular flexibility index (Phi) is 6.95. The molecule has 1 fully saturated rings. The van der Waals surface area contributed by atoms with Gasteiger partial charge >= 0.3 is 5.97 Å². The molecule has 1 saturated heterocycles. The van der Waals surface area contributed by atoms with Gasteiger partial charge < -0.3 is 20.1 Å². The number of ether oxygens (including phenoxy) is 1. The average Bonchev–Trinajstić information content (AvgIpc) is 2.88. The van der Waals surface area contributed by atoms with Crippen molar-refractivity contribution in [3.8, 4) is 0 Å².